The molecule has 8 aromatic rings. The number of benzene rings is 1. The maximum atomic E-state index is 6.38. The van der Waals surface area contributed by atoms with Gasteiger partial charge in [0.2, 0.25) is 0 Å². The molecule has 0 amide bonds. The molecule has 4 atom stereocenters. The van der Waals surface area contributed by atoms with E-state index < -0.39 is 0 Å². The number of unbranched alkanes of at least 4 members (excludes halogenated alkanes) is 1. The van der Waals surface area contributed by atoms with Gasteiger partial charge in [0.1, 0.15) is 82.8 Å². The number of hydrogen-bond donors (Lipinski definition) is 4. The summed E-state index contributed by atoms with van der Waals surface area (Å²) in [5, 5.41) is 0. The molecule has 20 rings (SSSR count). The van der Waals surface area contributed by atoms with Gasteiger partial charge in [0, 0.05) is 171 Å². The van der Waals surface area contributed by atoms with Gasteiger partial charge in [-0.05, 0) is 166 Å². The highest BCUT2D eigenvalue weighted by atomic mass is 16.5. The van der Waals surface area contributed by atoms with Gasteiger partial charge in [-0.2, -0.15) is 39.9 Å². The average molecular weight is 1700 g/mol. The van der Waals surface area contributed by atoms with Gasteiger partial charge in [-0.3, -0.25) is 4.90 Å². The van der Waals surface area contributed by atoms with Gasteiger partial charge in [0.05, 0.1) is 52.4 Å². The highest BCUT2D eigenvalue weighted by molar-refractivity contribution is 5.67. The van der Waals surface area contributed by atoms with Crippen molar-refractivity contribution in [3.63, 3.8) is 0 Å². The Kier molecular flexibility index (Phi) is 27.7. The van der Waals surface area contributed by atoms with E-state index in [2.05, 4.69) is 156 Å². The van der Waals surface area contributed by atoms with Crippen molar-refractivity contribution in [1.29, 1.82) is 0 Å². The summed E-state index contributed by atoms with van der Waals surface area (Å²) >= 11 is 0. The predicted molar refractivity (Wildman–Crippen MR) is 487 cm³/mol. The summed E-state index contributed by atoms with van der Waals surface area (Å²) in [6, 6.07) is 23.0. The first-order valence-electron chi connectivity index (χ1n) is 45.2. The van der Waals surface area contributed by atoms with E-state index >= 15 is 0 Å². The number of nitrogens with zero attached hydrogens (tertiary/aromatic N) is 19. The number of anilines is 11. The van der Waals surface area contributed by atoms with Gasteiger partial charge in [-0.15, -0.1) is 0 Å². The summed E-state index contributed by atoms with van der Waals surface area (Å²) in [6.45, 7) is 39.7. The van der Waals surface area contributed by atoms with Crippen LogP contribution in [0.4, 0.5) is 64.0 Å². The summed E-state index contributed by atoms with van der Waals surface area (Å²) in [7, 11) is 0. The lowest BCUT2D eigenvalue weighted by atomic mass is 10.0. The van der Waals surface area contributed by atoms with Crippen molar-refractivity contribution in [2.24, 2.45) is 11.8 Å². The largest absolute Gasteiger partial charge is 0.463 e. The van der Waals surface area contributed by atoms with Crippen LogP contribution in [0.5, 0.6) is 24.0 Å². The van der Waals surface area contributed by atoms with Gasteiger partial charge in [0.15, 0.2) is 0 Å². The Balaban J connectivity index is 0.000000118. The second-order valence-electron chi connectivity index (χ2n) is 35.2. The number of pyridine rings is 3. The van der Waals surface area contributed by atoms with Crippen molar-refractivity contribution < 1.29 is 37.9 Å². The fraction of sp³-hybridized carbons (Fsp3) is 0.521. The molecule has 7 aromatic heterocycles. The first kappa shape index (κ1) is 85.9. The first-order chi connectivity index (χ1) is 61.0. The Hall–Kier alpha value is -11.3. The molecule has 2 unspecified atom stereocenters. The van der Waals surface area contributed by atoms with Crippen LogP contribution in [-0.2, 0) is 77.4 Å². The fourth-order valence-corrected chi connectivity index (χ4v) is 18.7. The summed E-state index contributed by atoms with van der Waals surface area (Å²) in [4.78, 5) is 68.7. The first-order valence-corrected chi connectivity index (χ1v) is 45.2. The molecule has 1 aromatic carbocycles. The number of ether oxygens (including phenoxy) is 8. The van der Waals surface area contributed by atoms with E-state index in [0.29, 0.717) is 106 Å². The smallest absolute Gasteiger partial charge is 0.320 e. The lowest BCUT2D eigenvalue weighted by molar-refractivity contribution is 0.0646. The van der Waals surface area contributed by atoms with Crippen molar-refractivity contribution in [1.82, 2.24) is 59.7 Å². The number of morpholine rings is 3. The van der Waals surface area contributed by atoms with Gasteiger partial charge in [0.25, 0.3) is 0 Å². The molecule has 16 heterocycles. The van der Waals surface area contributed by atoms with Crippen molar-refractivity contribution in [3.8, 4) is 24.0 Å². The fourth-order valence-electron chi connectivity index (χ4n) is 18.7. The summed E-state index contributed by atoms with van der Waals surface area (Å²) in [5.41, 5.74) is 39.6. The van der Waals surface area contributed by atoms with Crippen molar-refractivity contribution >= 4 is 64.0 Å². The SMILES string of the molecule is C=C1Cc2c(N)nc(OC3CCCC3)nc2N(Cc2ccnc(N3CCOCC3)c2)C1.C=C1Cc2c(N)nc(OC3C[C@@H]4C[C@@H]4C3)nc2N(Cc2cccc(CN3CCCC3)c2)C1.C=C1Cc2c(N)nc(OCC3CCCO3)nc2N(Cc2ccnc(N3CCOCC3)c2)C1.C=C1Cc2c(N)nc(OCCCC)nc2N(Cc2ccnc(N3CCOCC3)c2)C1. The Morgan fingerprint density at radius 2 is 0.784 bits per heavy atom. The Morgan fingerprint density at radius 1 is 0.400 bits per heavy atom. The molecule has 31 heteroatoms. The molecule has 31 nitrogen and oxygen atoms in total. The number of aromatic nitrogens is 11. The number of rotatable bonds is 24. The minimum atomic E-state index is 0.0992. The molecule has 3 aliphatic carbocycles. The third-order valence-electron chi connectivity index (χ3n) is 25.3. The van der Waals surface area contributed by atoms with Crippen molar-refractivity contribution in [2.75, 3.05) is 195 Å². The van der Waals surface area contributed by atoms with Crippen molar-refractivity contribution in [2.45, 2.75) is 167 Å². The molecule has 5 saturated heterocycles. The molecule has 8 fully saturated rings. The molecule has 3 saturated carbocycles. The second-order valence-corrected chi connectivity index (χ2v) is 35.2. The van der Waals surface area contributed by atoms with Crippen LogP contribution < -0.4 is 76.2 Å². The van der Waals surface area contributed by atoms with E-state index in [0.717, 1.165) is 284 Å². The zero-order valence-electron chi connectivity index (χ0n) is 72.7. The van der Waals surface area contributed by atoms with Gasteiger partial charge in [-0.1, -0.05) is 86.2 Å². The average Bonchev–Trinajstić information content (AvgIpc) is 1.64. The van der Waals surface area contributed by atoms with E-state index in [1.165, 1.54) is 61.9 Å². The van der Waals surface area contributed by atoms with E-state index in [9.17, 15) is 0 Å². The highest BCUT2D eigenvalue weighted by Gasteiger charge is 2.47. The third-order valence-corrected chi connectivity index (χ3v) is 25.3. The van der Waals surface area contributed by atoms with Crippen LogP contribution in [0, 0.1) is 11.8 Å². The quantitative estimate of drug-likeness (QED) is 0.0322. The van der Waals surface area contributed by atoms with E-state index in [1.807, 2.05) is 30.7 Å². The monoisotopic (exact) mass is 1700 g/mol. The molecule has 0 radical (unpaired) electrons. The zero-order valence-corrected chi connectivity index (χ0v) is 72.7. The van der Waals surface area contributed by atoms with Crippen LogP contribution in [0.15, 0.2) is 128 Å². The molecule has 12 aliphatic rings. The maximum Gasteiger partial charge on any atom is 0.320 e. The Bertz CT molecular complexity index is 5090. The van der Waals surface area contributed by atoms with Crippen LogP contribution in [0.3, 0.4) is 0 Å². The van der Waals surface area contributed by atoms with E-state index in [4.69, 9.17) is 80.8 Å². The molecule has 0 bridgehead atoms. The Labute approximate surface area is 734 Å². The topological polar surface area (TPSA) is 346 Å². The number of fused-ring (bicyclic) bond motifs is 5. The van der Waals surface area contributed by atoms with Crippen LogP contribution in [0.2, 0.25) is 0 Å². The lowest BCUT2D eigenvalue weighted by Gasteiger charge is -2.32. The minimum absolute atomic E-state index is 0.0992. The molecule has 0 spiro atoms. The molecule has 8 N–H and O–H groups in total. The van der Waals surface area contributed by atoms with Crippen LogP contribution >= 0.6 is 0 Å². The molecular weight excluding hydrogens is 1580 g/mol. The van der Waals surface area contributed by atoms with Gasteiger partial charge >= 0.3 is 24.0 Å². The third kappa shape index (κ3) is 22.2. The number of likely N-dealkylation sites (tertiary alicyclic amines) is 1. The van der Waals surface area contributed by atoms with E-state index in [-0.39, 0.29) is 18.3 Å². The number of hydrogen-bond acceptors (Lipinski definition) is 31. The maximum absolute atomic E-state index is 6.38. The van der Waals surface area contributed by atoms with Gasteiger partial charge < -0.3 is 95.1 Å². The van der Waals surface area contributed by atoms with Crippen LogP contribution in [-0.4, -0.2) is 216 Å². The highest BCUT2D eigenvalue weighted by Crippen LogP contribution is 2.53. The van der Waals surface area contributed by atoms with Gasteiger partial charge in [-0.25, -0.2) is 15.0 Å². The number of nitrogens with two attached hydrogens (primary N) is 4. The lowest BCUT2D eigenvalue weighted by Crippen LogP contribution is -2.37. The predicted octanol–water partition coefficient (Wildman–Crippen LogP) is 11.2. The van der Waals surface area contributed by atoms with Crippen LogP contribution in [0.25, 0.3) is 0 Å². The molecule has 662 valence electrons. The van der Waals surface area contributed by atoms with Crippen LogP contribution in [0.1, 0.15) is 140 Å². The van der Waals surface area contributed by atoms with Crippen molar-refractivity contribution in [3.05, 3.63) is 178 Å². The molecule has 9 aliphatic heterocycles. The molecule has 125 heavy (non-hydrogen) atoms. The second kappa shape index (κ2) is 40.4. The molecular formula is C94H123N23O8. The Morgan fingerprint density at radius 3 is 1.19 bits per heavy atom. The normalized spacial score (nSPS) is 21.0. The zero-order chi connectivity index (χ0) is 85.7. The standard InChI is InChI=1S/C26H33N5O.C23H30N6O3.C23H30N6O2.C22H30N6O2/c1-17-9-23-24(27)28-26(32-22-12-20-11-21(20)13-22)29-25(23)31(14-17)16-19-6-4-5-18(10-19)15-30-7-2-3-8-30;1-16-11-19-21(24)26-23(32-15-18-3-2-8-31-18)27-22(19)29(13-16)14-17-4-5-25-20(12-17)28-6-9-30-10-7-28;1-16-12-19-21(24)26-23(31-18-4-2-3-5-18)27-22(19)29(14-16)15-17-6-7-25-20(13-17)28-8-10-30-11-9-28;1-3-4-9-30-22-25-20(23)18-12-16(2)14-28(21(18)26-22)15-17-5-6-24-19(13-17)27-7-10-29-11-8-27/h4-6,10,20-22H,1-3,7-9,11-16H2,(H2,27,28,29);4-5,12,18H,1-3,6-11,13-15H2,(H2,24,26,27);6-7,13,18H,1-5,8-12,14-15H2,(H2,24,26,27);5-6,13H,2-4,7-12,14-15H2,1H3,(H2,23,25,26)/t20-,21+,22?;;;. The summed E-state index contributed by atoms with van der Waals surface area (Å²) in [6.07, 6.45) is 23.8. The van der Waals surface area contributed by atoms with E-state index in [1.54, 1.807) is 0 Å². The summed E-state index contributed by atoms with van der Waals surface area (Å²) in [5.74, 6) is 10.0. The summed E-state index contributed by atoms with van der Waals surface area (Å²) < 4.78 is 45.9. The number of nitrogen functional groups attached to an aromatic ring is 4. The minimum Gasteiger partial charge on any atom is -0.463 e.